The van der Waals surface area contributed by atoms with Crippen LogP contribution in [-0.4, -0.2) is 6.10 Å². The zero-order valence-electron chi connectivity index (χ0n) is 19.8. The molecule has 1 heteroatoms. The topological polar surface area (TPSA) is 9.23 Å². The van der Waals surface area contributed by atoms with Crippen LogP contribution in [0.5, 0.6) is 5.75 Å². The molecule has 0 atom stereocenters. The molecule has 1 aromatic carbocycles. The Morgan fingerprint density at radius 2 is 1.35 bits per heavy atom. The summed E-state index contributed by atoms with van der Waals surface area (Å²) in [6.07, 6.45) is 1.22. The van der Waals surface area contributed by atoms with E-state index in [1.807, 2.05) is 0 Å². The van der Waals surface area contributed by atoms with Crippen molar-refractivity contribution in [3.05, 3.63) is 28.3 Å². The molecule has 0 aliphatic heterocycles. The van der Waals surface area contributed by atoms with Crippen LogP contribution < -0.4 is 4.74 Å². The van der Waals surface area contributed by atoms with Gasteiger partial charge in [0.15, 0.2) is 0 Å². The second-order valence-electron chi connectivity index (χ2n) is 11.0. The first kappa shape index (κ1) is 23.1. The van der Waals surface area contributed by atoms with Crippen LogP contribution in [0.1, 0.15) is 118 Å². The van der Waals surface area contributed by atoms with Crippen LogP contribution in [0.2, 0.25) is 0 Å². The largest absolute Gasteiger partial charge is 0.490 e. The Morgan fingerprint density at radius 3 is 1.65 bits per heavy atom. The molecule has 0 heterocycles. The molecule has 0 spiro atoms. The molecule has 0 unspecified atom stereocenters. The van der Waals surface area contributed by atoms with Gasteiger partial charge in [-0.05, 0) is 53.6 Å². The van der Waals surface area contributed by atoms with Gasteiger partial charge in [-0.2, -0.15) is 0 Å². The van der Waals surface area contributed by atoms with Gasteiger partial charge in [0.25, 0.3) is 0 Å². The van der Waals surface area contributed by atoms with Crippen molar-refractivity contribution in [2.75, 3.05) is 0 Å². The predicted octanol–water partition coefficient (Wildman–Crippen LogP) is 7.78. The highest BCUT2D eigenvalue weighted by Crippen LogP contribution is 2.50. The fourth-order valence-electron chi connectivity index (χ4n) is 3.62. The summed E-state index contributed by atoms with van der Waals surface area (Å²) in [4.78, 5) is 0. The SMILES string of the molecule is CCc1c(C(C)(C)C)cc(C(C)(C)C(C)(C)C)c(OC(C)C)c1C(C)C. The summed E-state index contributed by atoms with van der Waals surface area (Å²) in [5.74, 6) is 1.58. The summed E-state index contributed by atoms with van der Waals surface area (Å²) in [5.41, 5.74) is 6.01. The average molecular weight is 361 g/mol. The highest BCUT2D eigenvalue weighted by atomic mass is 16.5. The molecule has 0 N–H and O–H groups in total. The fraction of sp³-hybridized carbons (Fsp3) is 0.760. The monoisotopic (exact) mass is 360 g/mol. The van der Waals surface area contributed by atoms with Gasteiger partial charge in [0.05, 0.1) is 6.10 Å². The smallest absolute Gasteiger partial charge is 0.127 e. The van der Waals surface area contributed by atoms with E-state index in [4.69, 9.17) is 4.74 Å². The molecule has 0 aromatic heterocycles. The van der Waals surface area contributed by atoms with Crippen molar-refractivity contribution in [3.63, 3.8) is 0 Å². The summed E-state index contributed by atoms with van der Waals surface area (Å²) >= 11 is 0. The zero-order valence-corrected chi connectivity index (χ0v) is 19.8. The predicted molar refractivity (Wildman–Crippen MR) is 117 cm³/mol. The summed E-state index contributed by atoms with van der Waals surface area (Å²) in [7, 11) is 0. The van der Waals surface area contributed by atoms with E-state index in [2.05, 4.69) is 96.1 Å². The van der Waals surface area contributed by atoms with E-state index in [1.165, 1.54) is 22.3 Å². The molecule has 0 aliphatic rings. The summed E-state index contributed by atoms with van der Waals surface area (Å²) in [6.45, 7) is 29.9. The molecule has 1 nitrogen and oxygen atoms in total. The molecule has 26 heavy (non-hydrogen) atoms. The molecular weight excluding hydrogens is 316 g/mol. The van der Waals surface area contributed by atoms with Crippen molar-refractivity contribution in [3.8, 4) is 5.75 Å². The van der Waals surface area contributed by atoms with Crippen LogP contribution in [0.4, 0.5) is 0 Å². The Morgan fingerprint density at radius 1 is 0.846 bits per heavy atom. The van der Waals surface area contributed by atoms with Gasteiger partial charge in [0.2, 0.25) is 0 Å². The van der Waals surface area contributed by atoms with E-state index in [9.17, 15) is 0 Å². The lowest BCUT2D eigenvalue weighted by Crippen LogP contribution is -2.36. The maximum Gasteiger partial charge on any atom is 0.127 e. The molecule has 1 aromatic rings. The van der Waals surface area contributed by atoms with E-state index in [0.717, 1.165) is 12.2 Å². The highest BCUT2D eigenvalue weighted by molar-refractivity contribution is 5.57. The lowest BCUT2D eigenvalue weighted by molar-refractivity contribution is 0.196. The second-order valence-corrected chi connectivity index (χ2v) is 11.0. The second kappa shape index (κ2) is 7.56. The first-order chi connectivity index (χ1) is 11.6. The average Bonchev–Trinajstić information content (AvgIpc) is 2.42. The normalized spacial score (nSPS) is 13.7. The summed E-state index contributed by atoms with van der Waals surface area (Å²) in [6, 6.07) is 2.47. The van der Waals surface area contributed by atoms with Crippen LogP contribution in [-0.2, 0) is 17.3 Å². The zero-order chi connectivity index (χ0) is 20.7. The van der Waals surface area contributed by atoms with Gasteiger partial charge in [0.1, 0.15) is 5.75 Å². The molecule has 0 radical (unpaired) electrons. The van der Waals surface area contributed by atoms with Crippen molar-refractivity contribution in [2.45, 2.75) is 119 Å². The molecule has 0 saturated carbocycles. The molecular formula is C25H44O. The van der Waals surface area contributed by atoms with Crippen LogP contribution >= 0.6 is 0 Å². The molecule has 1 rings (SSSR count). The minimum absolute atomic E-state index is 0.00708. The Bertz CT molecular complexity index is 619. The van der Waals surface area contributed by atoms with Gasteiger partial charge in [-0.25, -0.2) is 0 Å². The molecule has 0 fully saturated rings. The number of ether oxygens (including phenoxy) is 1. The van der Waals surface area contributed by atoms with Gasteiger partial charge < -0.3 is 4.74 Å². The summed E-state index contributed by atoms with van der Waals surface area (Å²) in [5, 5.41) is 0. The first-order valence-electron chi connectivity index (χ1n) is 10.4. The Balaban J connectivity index is 4.07. The fourth-order valence-corrected chi connectivity index (χ4v) is 3.62. The number of benzene rings is 1. The van der Waals surface area contributed by atoms with Gasteiger partial charge in [-0.15, -0.1) is 0 Å². The highest BCUT2D eigenvalue weighted by Gasteiger charge is 2.39. The molecule has 150 valence electrons. The third kappa shape index (κ3) is 4.46. The quantitative estimate of drug-likeness (QED) is 0.521. The molecule has 0 saturated heterocycles. The minimum atomic E-state index is 0.00708. The lowest BCUT2D eigenvalue weighted by Gasteiger charge is -2.42. The van der Waals surface area contributed by atoms with Gasteiger partial charge in [0, 0.05) is 11.1 Å². The van der Waals surface area contributed by atoms with Gasteiger partial charge in [-0.1, -0.05) is 82.2 Å². The number of hydrogen-bond donors (Lipinski definition) is 0. The Labute approximate surface area is 163 Å². The van der Waals surface area contributed by atoms with Gasteiger partial charge in [-0.3, -0.25) is 0 Å². The van der Waals surface area contributed by atoms with E-state index in [1.54, 1.807) is 0 Å². The van der Waals surface area contributed by atoms with Crippen LogP contribution in [0.15, 0.2) is 6.07 Å². The van der Waals surface area contributed by atoms with E-state index in [-0.39, 0.29) is 22.3 Å². The Kier molecular flexibility index (Phi) is 6.71. The maximum atomic E-state index is 6.53. The molecule has 0 aliphatic carbocycles. The molecule has 0 bridgehead atoms. The van der Waals surface area contributed by atoms with E-state index >= 15 is 0 Å². The lowest BCUT2D eigenvalue weighted by atomic mass is 9.63. The van der Waals surface area contributed by atoms with Crippen molar-refractivity contribution < 1.29 is 4.74 Å². The van der Waals surface area contributed by atoms with E-state index < -0.39 is 0 Å². The van der Waals surface area contributed by atoms with Crippen molar-refractivity contribution in [2.24, 2.45) is 5.41 Å². The minimum Gasteiger partial charge on any atom is -0.490 e. The van der Waals surface area contributed by atoms with Crippen molar-refractivity contribution in [1.82, 2.24) is 0 Å². The maximum absolute atomic E-state index is 6.53. The van der Waals surface area contributed by atoms with Crippen molar-refractivity contribution >= 4 is 0 Å². The standard InChI is InChI=1S/C25H44O/c1-14-18-19(23(6,7)8)15-20(25(12,13)24(9,10)11)22(26-17(4)5)21(18)16(2)3/h15-17H,14H2,1-13H3. The van der Waals surface area contributed by atoms with Crippen LogP contribution in [0.3, 0.4) is 0 Å². The van der Waals surface area contributed by atoms with Crippen LogP contribution in [0.25, 0.3) is 0 Å². The van der Waals surface area contributed by atoms with E-state index in [0.29, 0.717) is 5.92 Å². The Hall–Kier alpha value is -0.980. The van der Waals surface area contributed by atoms with Crippen LogP contribution in [0, 0.1) is 5.41 Å². The number of rotatable bonds is 5. The third-order valence-electron chi connectivity index (χ3n) is 6.07. The van der Waals surface area contributed by atoms with Gasteiger partial charge >= 0.3 is 0 Å². The molecule has 0 amide bonds. The first-order valence-corrected chi connectivity index (χ1v) is 10.4. The number of hydrogen-bond acceptors (Lipinski definition) is 1. The summed E-state index contributed by atoms with van der Waals surface area (Å²) < 4.78 is 6.53. The van der Waals surface area contributed by atoms with Crippen molar-refractivity contribution in [1.29, 1.82) is 0 Å². The third-order valence-corrected chi connectivity index (χ3v) is 6.07.